The summed E-state index contributed by atoms with van der Waals surface area (Å²) in [7, 11) is 1.80. The number of anilines is 1. The molecule has 2 heterocycles. The van der Waals surface area contributed by atoms with Crippen molar-refractivity contribution in [2.24, 2.45) is 21.1 Å². The van der Waals surface area contributed by atoms with E-state index in [4.69, 9.17) is 20.5 Å². The number of aliphatic imine (C=N–C) groups is 2. The Labute approximate surface area is 181 Å². The summed E-state index contributed by atoms with van der Waals surface area (Å²) in [6.07, 6.45) is 6.54. The molecule has 2 aromatic rings. The monoisotopic (exact) mass is 421 g/mol. The van der Waals surface area contributed by atoms with Gasteiger partial charge in [-0.05, 0) is 68.9 Å². The third kappa shape index (κ3) is 3.22. The average molecular weight is 422 g/mol. The molecule has 1 aliphatic heterocycles. The molecule has 6 nitrogen and oxygen atoms in total. The zero-order valence-electron chi connectivity index (χ0n) is 18.0. The summed E-state index contributed by atoms with van der Waals surface area (Å²) in [6.45, 7) is 2.46. The van der Waals surface area contributed by atoms with Crippen LogP contribution in [0.3, 0.4) is 0 Å². The summed E-state index contributed by atoms with van der Waals surface area (Å²) in [5.41, 5.74) is 10.5. The van der Waals surface area contributed by atoms with Crippen molar-refractivity contribution in [3.63, 3.8) is 0 Å². The third-order valence-electron chi connectivity index (χ3n) is 7.22. The Morgan fingerprint density at radius 2 is 2.00 bits per heavy atom. The van der Waals surface area contributed by atoms with Gasteiger partial charge in [0.15, 0.2) is 5.66 Å². The molecule has 1 saturated carbocycles. The Bertz CT molecular complexity index is 1040. The van der Waals surface area contributed by atoms with E-state index in [1.165, 1.54) is 17.8 Å². The Balaban J connectivity index is 1.48. The molecule has 0 radical (unpaired) electrons. The van der Waals surface area contributed by atoms with Crippen LogP contribution in [-0.2, 0) is 23.4 Å². The summed E-state index contributed by atoms with van der Waals surface area (Å²) in [5.74, 6) is 0.205. The van der Waals surface area contributed by atoms with Gasteiger partial charge in [0.25, 0.3) is 0 Å². The molecule has 1 aromatic carbocycles. The molecule has 31 heavy (non-hydrogen) atoms. The van der Waals surface area contributed by atoms with E-state index in [-0.39, 0.29) is 11.2 Å². The second kappa shape index (κ2) is 7.41. The molecule has 2 aliphatic carbocycles. The minimum Gasteiger partial charge on any atom is -0.382 e. The maximum atomic E-state index is 13.1. The van der Waals surface area contributed by atoms with Crippen LogP contribution in [0.5, 0.6) is 0 Å². The van der Waals surface area contributed by atoms with Crippen molar-refractivity contribution < 1.29 is 9.13 Å². The van der Waals surface area contributed by atoms with Gasteiger partial charge in [0.05, 0.1) is 30.3 Å². The first-order valence-corrected chi connectivity index (χ1v) is 10.9. The lowest BCUT2D eigenvalue weighted by atomic mass is 9.65. The number of amidine groups is 1. The molecular weight excluding hydrogens is 393 g/mol. The van der Waals surface area contributed by atoms with Gasteiger partial charge in [-0.25, -0.2) is 9.38 Å². The van der Waals surface area contributed by atoms with E-state index in [9.17, 15) is 4.39 Å². The molecule has 1 fully saturated rings. The molecule has 7 heteroatoms. The number of nitrogens with zero attached hydrogens (tertiary/aromatic N) is 3. The minimum absolute atomic E-state index is 0.0656. The number of fused-ring (bicyclic) bond motifs is 3. The second-order valence-corrected chi connectivity index (χ2v) is 8.95. The Morgan fingerprint density at radius 3 is 2.65 bits per heavy atom. The Morgan fingerprint density at radius 1 is 1.19 bits per heavy atom. The van der Waals surface area contributed by atoms with Crippen molar-refractivity contribution in [1.82, 2.24) is 4.98 Å². The maximum Gasteiger partial charge on any atom is 0.184 e. The molecule has 3 aliphatic rings. The Hall–Kier alpha value is -2.80. The Kier molecular flexibility index (Phi) is 4.81. The molecule has 0 amide bonds. The molecule has 0 bridgehead atoms. The number of nitrogens with one attached hydrogen (secondary N) is 1. The van der Waals surface area contributed by atoms with E-state index in [0.717, 1.165) is 54.8 Å². The van der Waals surface area contributed by atoms with E-state index in [1.54, 1.807) is 13.2 Å². The van der Waals surface area contributed by atoms with Gasteiger partial charge in [-0.3, -0.25) is 9.98 Å². The molecule has 1 unspecified atom stereocenters. The van der Waals surface area contributed by atoms with Crippen molar-refractivity contribution in [3.05, 3.63) is 59.2 Å². The van der Waals surface area contributed by atoms with Crippen LogP contribution in [0.4, 0.5) is 10.1 Å². The van der Waals surface area contributed by atoms with Gasteiger partial charge in [-0.1, -0.05) is 6.07 Å². The second-order valence-electron chi connectivity index (χ2n) is 8.95. The number of rotatable bonds is 4. The quantitative estimate of drug-likeness (QED) is 0.783. The summed E-state index contributed by atoms with van der Waals surface area (Å²) in [4.78, 5) is 14.2. The zero-order chi connectivity index (χ0) is 21.6. The number of benzene rings is 1. The highest BCUT2D eigenvalue weighted by molar-refractivity contribution is 6.41. The van der Waals surface area contributed by atoms with Crippen LogP contribution in [0, 0.1) is 11.2 Å². The summed E-state index contributed by atoms with van der Waals surface area (Å²) in [6, 6.07) is 9.55. The van der Waals surface area contributed by atoms with Gasteiger partial charge in [0, 0.05) is 23.8 Å². The van der Waals surface area contributed by atoms with Crippen LogP contribution in [0.1, 0.15) is 49.4 Å². The lowest BCUT2D eigenvalue weighted by Gasteiger charge is -2.44. The van der Waals surface area contributed by atoms with Gasteiger partial charge in [0.1, 0.15) is 11.7 Å². The number of methoxy groups -OCH3 is 1. The van der Waals surface area contributed by atoms with Gasteiger partial charge in [-0.2, -0.15) is 0 Å². The molecular formula is C24H28FN5O. The van der Waals surface area contributed by atoms with Crippen molar-refractivity contribution in [2.45, 2.75) is 57.3 Å². The number of aromatic nitrogens is 1. The predicted molar refractivity (Wildman–Crippen MR) is 120 cm³/mol. The highest BCUT2D eigenvalue weighted by atomic mass is 19.1. The summed E-state index contributed by atoms with van der Waals surface area (Å²) < 4.78 is 18.8. The maximum absolute atomic E-state index is 13.1. The molecule has 1 atom stereocenters. The van der Waals surface area contributed by atoms with Crippen LogP contribution in [0.15, 0.2) is 46.5 Å². The van der Waals surface area contributed by atoms with Gasteiger partial charge in [-0.15, -0.1) is 0 Å². The topological polar surface area (TPSA) is 84.9 Å². The fourth-order valence-electron chi connectivity index (χ4n) is 5.49. The van der Waals surface area contributed by atoms with E-state index in [1.807, 2.05) is 6.92 Å². The number of hydrogen-bond acceptors (Lipinski definition) is 6. The van der Waals surface area contributed by atoms with Gasteiger partial charge in [0.2, 0.25) is 0 Å². The number of ether oxygens (including phenoxy) is 1. The van der Waals surface area contributed by atoms with E-state index in [0.29, 0.717) is 18.5 Å². The molecule has 162 valence electrons. The predicted octanol–water partition coefficient (Wildman–Crippen LogP) is 3.95. The highest BCUT2D eigenvalue weighted by Gasteiger charge is 2.60. The number of halogens is 1. The lowest BCUT2D eigenvalue weighted by Crippen LogP contribution is -2.43. The summed E-state index contributed by atoms with van der Waals surface area (Å²) >= 11 is 0. The third-order valence-corrected chi connectivity index (χ3v) is 7.22. The van der Waals surface area contributed by atoms with Crippen LogP contribution in [-0.4, -0.2) is 29.7 Å². The van der Waals surface area contributed by atoms with Crippen LogP contribution in [0.2, 0.25) is 0 Å². The molecule has 1 aromatic heterocycles. The largest absolute Gasteiger partial charge is 0.382 e. The van der Waals surface area contributed by atoms with Crippen molar-refractivity contribution in [2.75, 3.05) is 12.4 Å². The smallest absolute Gasteiger partial charge is 0.184 e. The minimum atomic E-state index is -0.652. The van der Waals surface area contributed by atoms with Gasteiger partial charge < -0.3 is 15.8 Å². The summed E-state index contributed by atoms with van der Waals surface area (Å²) in [5, 5.41) is 3.41. The SMILES string of the molecule is CO[C@H]1CC[C@]2(CC1)Cc1ccc(NCc3ccc(F)cn3)cc1C21N=C(C)C(N)=N1. The molecule has 0 saturated heterocycles. The number of pyridine rings is 1. The van der Waals surface area contributed by atoms with E-state index in [2.05, 4.69) is 28.5 Å². The first kappa shape index (κ1) is 20.1. The van der Waals surface area contributed by atoms with E-state index >= 15 is 0 Å². The average Bonchev–Trinajstić information content (AvgIpc) is 3.22. The molecule has 2 spiro atoms. The number of nitrogens with two attached hydrogens (primary N) is 1. The molecule has 5 rings (SSSR count). The first-order chi connectivity index (χ1) is 14.9. The van der Waals surface area contributed by atoms with Crippen molar-refractivity contribution in [1.29, 1.82) is 0 Å². The van der Waals surface area contributed by atoms with Crippen LogP contribution in [0.25, 0.3) is 0 Å². The van der Waals surface area contributed by atoms with Crippen molar-refractivity contribution >= 4 is 17.2 Å². The normalized spacial score (nSPS) is 29.2. The van der Waals surface area contributed by atoms with Crippen LogP contribution >= 0.6 is 0 Å². The highest BCUT2D eigenvalue weighted by Crippen LogP contribution is 2.62. The standard InChI is InChI=1S/C24H28FN5O/c1-15-22(26)30-24(29-15)21-11-18(28-14-19-6-4-17(25)13-27-19)5-3-16(21)12-23(24)9-7-20(31-2)8-10-23/h3-6,11,13,20,28H,7-10,12,14H2,1-2H3,(H2,26,30)/t20-,23-,24?. The molecule has 3 N–H and O–H groups in total. The van der Waals surface area contributed by atoms with Crippen molar-refractivity contribution in [3.8, 4) is 0 Å². The van der Waals surface area contributed by atoms with Crippen LogP contribution < -0.4 is 11.1 Å². The fraction of sp³-hybridized carbons (Fsp3) is 0.458. The lowest BCUT2D eigenvalue weighted by molar-refractivity contribution is -0.000371. The van der Waals surface area contributed by atoms with E-state index < -0.39 is 5.66 Å². The zero-order valence-corrected chi connectivity index (χ0v) is 18.0. The number of hydrogen-bond donors (Lipinski definition) is 2. The fourth-order valence-corrected chi connectivity index (χ4v) is 5.49. The van der Waals surface area contributed by atoms with Gasteiger partial charge >= 0.3 is 0 Å². The first-order valence-electron chi connectivity index (χ1n) is 10.9.